The van der Waals surface area contributed by atoms with Crippen LogP contribution in [0, 0.1) is 5.92 Å². The van der Waals surface area contributed by atoms with Gasteiger partial charge in [0.2, 0.25) is 0 Å². The van der Waals surface area contributed by atoms with E-state index in [4.69, 9.17) is 0 Å². The zero-order chi connectivity index (χ0) is 10.8. The minimum atomic E-state index is -4.85. The number of hydrogen-bond donors (Lipinski definition) is 0. The van der Waals surface area contributed by atoms with E-state index >= 15 is 0 Å². The van der Waals surface area contributed by atoms with Crippen LogP contribution in [-0.2, 0) is 9.53 Å². The van der Waals surface area contributed by atoms with Gasteiger partial charge in [-0.2, -0.15) is 0 Å². The molecule has 0 aromatic heterocycles. The van der Waals surface area contributed by atoms with E-state index in [1.807, 2.05) is 11.9 Å². The van der Waals surface area contributed by atoms with Gasteiger partial charge in [-0.05, 0) is 33.0 Å². The summed E-state index contributed by atoms with van der Waals surface area (Å²) >= 11 is 0. The molecule has 1 aliphatic heterocycles. The van der Waals surface area contributed by atoms with E-state index in [0.717, 1.165) is 0 Å². The highest BCUT2D eigenvalue weighted by Crippen LogP contribution is 2.23. The zero-order valence-electron chi connectivity index (χ0n) is 8.21. The summed E-state index contributed by atoms with van der Waals surface area (Å²) < 4.78 is 38.4. The first kappa shape index (κ1) is 14.5. The van der Waals surface area contributed by atoms with Crippen LogP contribution in [0.4, 0.5) is 13.2 Å². The van der Waals surface area contributed by atoms with Crippen LogP contribution in [0.5, 0.6) is 0 Å². The van der Waals surface area contributed by atoms with Gasteiger partial charge >= 0.3 is 12.3 Å². The first-order chi connectivity index (χ1) is 6.38. The van der Waals surface area contributed by atoms with Crippen LogP contribution < -0.4 is 0 Å². The molecular formula is C8H13ClF3NO2. The lowest BCUT2D eigenvalue weighted by atomic mass is 9.97. The topological polar surface area (TPSA) is 29.5 Å². The minimum absolute atomic E-state index is 0. The van der Waals surface area contributed by atoms with Gasteiger partial charge in [-0.25, -0.2) is 0 Å². The van der Waals surface area contributed by atoms with Gasteiger partial charge in [0, 0.05) is 0 Å². The van der Waals surface area contributed by atoms with Crippen molar-refractivity contribution in [3.63, 3.8) is 0 Å². The van der Waals surface area contributed by atoms with Crippen LogP contribution in [0.15, 0.2) is 0 Å². The molecule has 0 aromatic carbocycles. The van der Waals surface area contributed by atoms with Crippen molar-refractivity contribution in [2.24, 2.45) is 5.92 Å². The molecule has 0 aliphatic carbocycles. The fourth-order valence-corrected chi connectivity index (χ4v) is 1.44. The second-order valence-corrected chi connectivity index (χ2v) is 3.44. The molecule has 1 heterocycles. The number of carbonyl (C=O) groups is 1. The molecule has 1 fully saturated rings. The van der Waals surface area contributed by atoms with Crippen LogP contribution in [0.3, 0.4) is 0 Å². The number of piperidine rings is 1. The van der Waals surface area contributed by atoms with Crippen molar-refractivity contribution in [3.05, 3.63) is 0 Å². The van der Waals surface area contributed by atoms with Crippen LogP contribution in [0.2, 0.25) is 0 Å². The molecular weight excluding hydrogens is 235 g/mol. The van der Waals surface area contributed by atoms with E-state index in [1.165, 1.54) is 0 Å². The van der Waals surface area contributed by atoms with Gasteiger partial charge in [0.1, 0.15) is 0 Å². The zero-order valence-corrected chi connectivity index (χ0v) is 9.03. The second-order valence-electron chi connectivity index (χ2n) is 3.44. The Bertz CT molecular complexity index is 214. The highest BCUT2D eigenvalue weighted by atomic mass is 35.5. The van der Waals surface area contributed by atoms with E-state index in [0.29, 0.717) is 25.9 Å². The lowest BCUT2D eigenvalue weighted by Gasteiger charge is -2.27. The molecule has 7 heteroatoms. The molecule has 0 N–H and O–H groups in total. The molecule has 3 nitrogen and oxygen atoms in total. The lowest BCUT2D eigenvalue weighted by Crippen LogP contribution is -2.36. The molecule has 0 aromatic rings. The second kappa shape index (κ2) is 5.55. The van der Waals surface area contributed by atoms with E-state index < -0.39 is 18.2 Å². The first-order valence-corrected chi connectivity index (χ1v) is 4.36. The third kappa shape index (κ3) is 5.22. The molecule has 1 saturated heterocycles. The highest BCUT2D eigenvalue weighted by Gasteiger charge is 2.37. The molecule has 90 valence electrons. The summed E-state index contributed by atoms with van der Waals surface area (Å²) in [7, 11) is 1.87. The molecule has 1 aliphatic rings. The van der Waals surface area contributed by atoms with Gasteiger partial charge in [-0.3, -0.25) is 4.79 Å². The van der Waals surface area contributed by atoms with Crippen LogP contribution in [0.1, 0.15) is 12.8 Å². The summed E-state index contributed by atoms with van der Waals surface area (Å²) in [6.07, 6.45) is -3.97. The maximum Gasteiger partial charge on any atom is 0.575 e. The van der Waals surface area contributed by atoms with Crippen LogP contribution >= 0.6 is 12.4 Å². The number of nitrogens with zero attached hydrogens (tertiary/aromatic N) is 1. The third-order valence-electron chi connectivity index (χ3n) is 2.27. The summed E-state index contributed by atoms with van der Waals surface area (Å²) in [5, 5.41) is 0. The Labute approximate surface area is 92.0 Å². The average molecular weight is 248 g/mol. The summed E-state index contributed by atoms with van der Waals surface area (Å²) in [6.45, 7) is 1.27. The van der Waals surface area contributed by atoms with Crippen molar-refractivity contribution in [1.82, 2.24) is 4.90 Å². The van der Waals surface area contributed by atoms with Gasteiger partial charge < -0.3 is 9.64 Å². The number of carbonyl (C=O) groups excluding carboxylic acids is 1. The maximum absolute atomic E-state index is 11.7. The van der Waals surface area contributed by atoms with Crippen LogP contribution in [-0.4, -0.2) is 37.4 Å². The fourth-order valence-electron chi connectivity index (χ4n) is 1.44. The largest absolute Gasteiger partial charge is 0.575 e. The minimum Gasteiger partial charge on any atom is -0.373 e. The van der Waals surface area contributed by atoms with Gasteiger partial charge in [-0.15, -0.1) is 25.6 Å². The van der Waals surface area contributed by atoms with Crippen molar-refractivity contribution in [2.45, 2.75) is 19.2 Å². The number of rotatable bonds is 1. The van der Waals surface area contributed by atoms with Crippen molar-refractivity contribution in [3.8, 4) is 0 Å². The number of alkyl halides is 3. The predicted octanol–water partition coefficient (Wildman–Crippen LogP) is 1.81. The molecule has 0 unspecified atom stereocenters. The van der Waals surface area contributed by atoms with Crippen LogP contribution in [0.25, 0.3) is 0 Å². The summed E-state index contributed by atoms with van der Waals surface area (Å²) in [6, 6.07) is 0. The van der Waals surface area contributed by atoms with Gasteiger partial charge in [0.05, 0.1) is 5.92 Å². The fraction of sp³-hybridized carbons (Fsp3) is 0.875. The Morgan fingerprint density at radius 1 is 1.33 bits per heavy atom. The lowest BCUT2D eigenvalue weighted by molar-refractivity contribution is -0.308. The standard InChI is InChI=1S/C8H12F3NO2.ClH/c1-12-4-2-6(3-5-12)7(13)14-8(9,10)11;/h6H,2-5H2,1H3;1H. The van der Waals surface area contributed by atoms with Crippen molar-refractivity contribution < 1.29 is 22.7 Å². The molecule has 0 bridgehead atoms. The quantitative estimate of drug-likeness (QED) is 0.662. The Balaban J connectivity index is 0.00000196. The normalized spacial score (nSPS) is 19.5. The summed E-state index contributed by atoms with van der Waals surface area (Å²) in [5.74, 6) is -1.75. The first-order valence-electron chi connectivity index (χ1n) is 4.36. The molecule has 0 saturated carbocycles. The highest BCUT2D eigenvalue weighted by molar-refractivity contribution is 5.85. The van der Waals surface area contributed by atoms with E-state index in [-0.39, 0.29) is 12.4 Å². The smallest absolute Gasteiger partial charge is 0.373 e. The third-order valence-corrected chi connectivity index (χ3v) is 2.27. The number of likely N-dealkylation sites (tertiary alicyclic amines) is 1. The molecule has 0 spiro atoms. The Kier molecular flexibility index (Phi) is 5.37. The number of halogens is 4. The monoisotopic (exact) mass is 247 g/mol. The van der Waals surface area contributed by atoms with E-state index in [1.54, 1.807) is 0 Å². The maximum atomic E-state index is 11.7. The SMILES string of the molecule is CN1CCC(C(=O)OC(F)(F)F)CC1.Cl. The van der Waals surface area contributed by atoms with E-state index in [2.05, 4.69) is 4.74 Å². The van der Waals surface area contributed by atoms with Crippen molar-refractivity contribution in [2.75, 3.05) is 20.1 Å². The van der Waals surface area contributed by atoms with Crippen molar-refractivity contribution in [1.29, 1.82) is 0 Å². The number of ether oxygens (including phenoxy) is 1. The van der Waals surface area contributed by atoms with Gasteiger partial charge in [0.15, 0.2) is 0 Å². The molecule has 0 radical (unpaired) electrons. The Hall–Kier alpha value is -0.490. The summed E-state index contributed by atoms with van der Waals surface area (Å²) in [4.78, 5) is 12.9. The Morgan fingerprint density at radius 3 is 2.20 bits per heavy atom. The molecule has 15 heavy (non-hydrogen) atoms. The molecule has 0 atom stereocenters. The number of esters is 1. The van der Waals surface area contributed by atoms with E-state index in [9.17, 15) is 18.0 Å². The summed E-state index contributed by atoms with van der Waals surface area (Å²) in [5.41, 5.74) is 0. The van der Waals surface area contributed by atoms with Crippen molar-refractivity contribution >= 4 is 18.4 Å². The van der Waals surface area contributed by atoms with Gasteiger partial charge in [0.25, 0.3) is 0 Å². The Morgan fingerprint density at radius 2 is 1.80 bits per heavy atom. The average Bonchev–Trinajstić information content (AvgIpc) is 2.02. The molecule has 0 amide bonds. The molecule has 1 rings (SSSR count). The van der Waals surface area contributed by atoms with Gasteiger partial charge in [-0.1, -0.05) is 0 Å². The number of hydrogen-bond acceptors (Lipinski definition) is 3. The predicted molar refractivity (Wildman–Crippen MR) is 49.6 cm³/mol.